The van der Waals surface area contributed by atoms with Gasteiger partial charge >= 0.3 is 0 Å². The Morgan fingerprint density at radius 1 is 0.905 bits per heavy atom. The third-order valence-corrected chi connectivity index (χ3v) is 5.23. The second-order valence-electron chi connectivity index (χ2n) is 6.89. The first-order chi connectivity index (χ1) is 10.3. The summed E-state index contributed by atoms with van der Waals surface area (Å²) in [5, 5.41) is 3.79. The minimum atomic E-state index is 0.136. The van der Waals surface area contributed by atoms with Gasteiger partial charge in [-0.1, -0.05) is 71.6 Å². The lowest BCUT2D eigenvalue weighted by Crippen LogP contribution is -2.50. The highest BCUT2D eigenvalue weighted by Crippen LogP contribution is 2.37. The molecule has 0 radical (unpaired) electrons. The van der Waals surface area contributed by atoms with Crippen LogP contribution in [0.1, 0.15) is 97.3 Å². The monoisotopic (exact) mass is 297 g/mol. The highest BCUT2D eigenvalue weighted by Gasteiger charge is 2.40. The van der Waals surface area contributed by atoms with Crippen molar-refractivity contribution in [3.05, 3.63) is 0 Å². The molecule has 0 bridgehead atoms. The molecule has 1 aliphatic carbocycles. The summed E-state index contributed by atoms with van der Waals surface area (Å²) in [6.07, 6.45) is 17.5. The van der Waals surface area contributed by atoms with Gasteiger partial charge in [-0.15, -0.1) is 0 Å². The van der Waals surface area contributed by atoms with Crippen LogP contribution in [0.4, 0.5) is 0 Å². The molecule has 0 amide bonds. The van der Waals surface area contributed by atoms with Crippen LogP contribution in [0.25, 0.3) is 0 Å². The molecule has 0 saturated heterocycles. The molecule has 2 nitrogen and oxygen atoms in total. The van der Waals surface area contributed by atoms with Gasteiger partial charge in [0.2, 0.25) is 0 Å². The van der Waals surface area contributed by atoms with E-state index in [9.17, 15) is 0 Å². The fourth-order valence-electron chi connectivity index (χ4n) is 3.84. The summed E-state index contributed by atoms with van der Waals surface area (Å²) >= 11 is 0. The van der Waals surface area contributed by atoms with Gasteiger partial charge < -0.3 is 10.1 Å². The second kappa shape index (κ2) is 11.5. The Hall–Kier alpha value is -0.0800. The van der Waals surface area contributed by atoms with E-state index < -0.39 is 0 Å². The molecular weight excluding hydrogens is 258 g/mol. The van der Waals surface area contributed by atoms with Crippen LogP contribution < -0.4 is 5.32 Å². The summed E-state index contributed by atoms with van der Waals surface area (Å²) in [6, 6.07) is 0.570. The zero-order valence-corrected chi connectivity index (χ0v) is 14.9. The molecule has 1 aliphatic rings. The van der Waals surface area contributed by atoms with Gasteiger partial charge in [0.25, 0.3) is 0 Å². The normalized spacial score (nSPS) is 19.0. The first kappa shape index (κ1) is 19.0. The molecule has 0 aromatic carbocycles. The molecule has 1 fully saturated rings. The van der Waals surface area contributed by atoms with Crippen molar-refractivity contribution in [2.24, 2.45) is 0 Å². The molecular formula is C19H39NO. The average Bonchev–Trinajstić information content (AvgIpc) is 2.99. The van der Waals surface area contributed by atoms with E-state index in [4.69, 9.17) is 4.74 Å². The summed E-state index contributed by atoms with van der Waals surface area (Å²) in [7, 11) is 1.93. The Morgan fingerprint density at radius 2 is 1.52 bits per heavy atom. The zero-order valence-electron chi connectivity index (χ0n) is 14.9. The highest BCUT2D eigenvalue weighted by molar-refractivity contribution is 4.96. The zero-order chi connectivity index (χ0) is 15.4. The van der Waals surface area contributed by atoms with Crippen molar-refractivity contribution in [3.8, 4) is 0 Å². The maximum absolute atomic E-state index is 6.01. The van der Waals surface area contributed by atoms with E-state index in [2.05, 4.69) is 19.2 Å². The van der Waals surface area contributed by atoms with E-state index in [0.29, 0.717) is 6.04 Å². The maximum atomic E-state index is 6.01. The molecule has 126 valence electrons. The molecule has 0 aliphatic heterocycles. The number of nitrogens with one attached hydrogen (secondary N) is 1. The number of hydrogen-bond donors (Lipinski definition) is 1. The Kier molecular flexibility index (Phi) is 10.4. The van der Waals surface area contributed by atoms with Gasteiger partial charge in [-0.05, 0) is 32.2 Å². The van der Waals surface area contributed by atoms with Gasteiger partial charge in [0.05, 0.1) is 5.60 Å². The van der Waals surface area contributed by atoms with E-state index in [1.165, 1.54) is 83.5 Å². The minimum absolute atomic E-state index is 0.136. The number of unbranched alkanes of at least 4 members (excludes halogenated alkanes) is 6. The molecule has 2 heteroatoms. The van der Waals surface area contributed by atoms with Crippen LogP contribution in [-0.2, 0) is 4.74 Å². The Balaban J connectivity index is 2.29. The lowest BCUT2D eigenvalue weighted by Gasteiger charge is -2.37. The molecule has 1 rings (SSSR count). The summed E-state index contributed by atoms with van der Waals surface area (Å²) in [4.78, 5) is 0. The predicted molar refractivity (Wildman–Crippen MR) is 92.9 cm³/mol. The van der Waals surface area contributed by atoms with Gasteiger partial charge in [0.1, 0.15) is 0 Å². The molecule has 0 aromatic heterocycles. The highest BCUT2D eigenvalue weighted by atomic mass is 16.5. The van der Waals surface area contributed by atoms with Gasteiger partial charge in [-0.3, -0.25) is 0 Å². The maximum Gasteiger partial charge on any atom is 0.0830 e. The average molecular weight is 298 g/mol. The van der Waals surface area contributed by atoms with Gasteiger partial charge in [0, 0.05) is 13.2 Å². The SMILES string of the molecule is CCCCCCCCCC(NCCC)C1(OC)CCCC1. The van der Waals surface area contributed by atoms with Crippen LogP contribution in [0.5, 0.6) is 0 Å². The van der Waals surface area contributed by atoms with Crippen molar-refractivity contribution >= 4 is 0 Å². The van der Waals surface area contributed by atoms with Crippen molar-refractivity contribution in [1.82, 2.24) is 5.32 Å². The minimum Gasteiger partial charge on any atom is -0.377 e. The molecule has 1 unspecified atom stereocenters. The molecule has 1 atom stereocenters. The topological polar surface area (TPSA) is 21.3 Å². The molecule has 0 heterocycles. The summed E-state index contributed by atoms with van der Waals surface area (Å²) in [5.74, 6) is 0. The summed E-state index contributed by atoms with van der Waals surface area (Å²) in [5.41, 5.74) is 0.136. The number of methoxy groups -OCH3 is 1. The molecule has 0 aromatic rings. The standard InChI is InChI=1S/C19H39NO/c1-4-6-7-8-9-10-11-14-18(20-17-5-2)19(21-3)15-12-13-16-19/h18,20H,4-17H2,1-3H3. The van der Waals surface area contributed by atoms with Crippen LogP contribution in [0, 0.1) is 0 Å². The molecule has 1 saturated carbocycles. The van der Waals surface area contributed by atoms with Crippen LogP contribution in [0.3, 0.4) is 0 Å². The van der Waals surface area contributed by atoms with Crippen LogP contribution in [-0.4, -0.2) is 25.3 Å². The smallest absolute Gasteiger partial charge is 0.0830 e. The second-order valence-corrected chi connectivity index (χ2v) is 6.89. The van der Waals surface area contributed by atoms with Gasteiger partial charge in [-0.2, -0.15) is 0 Å². The van der Waals surface area contributed by atoms with E-state index >= 15 is 0 Å². The van der Waals surface area contributed by atoms with E-state index in [-0.39, 0.29) is 5.60 Å². The van der Waals surface area contributed by atoms with Crippen LogP contribution >= 0.6 is 0 Å². The van der Waals surface area contributed by atoms with Gasteiger partial charge in [-0.25, -0.2) is 0 Å². The van der Waals surface area contributed by atoms with Crippen LogP contribution in [0.15, 0.2) is 0 Å². The number of hydrogen-bond acceptors (Lipinski definition) is 2. The van der Waals surface area contributed by atoms with E-state index in [0.717, 1.165) is 6.54 Å². The lowest BCUT2D eigenvalue weighted by atomic mass is 9.87. The Morgan fingerprint density at radius 3 is 2.10 bits per heavy atom. The fourth-order valence-corrected chi connectivity index (χ4v) is 3.84. The summed E-state index contributed by atoms with van der Waals surface area (Å²) in [6.45, 7) is 5.67. The third-order valence-electron chi connectivity index (χ3n) is 5.23. The lowest BCUT2D eigenvalue weighted by molar-refractivity contribution is -0.0383. The Labute approximate surface area is 133 Å². The van der Waals surface area contributed by atoms with Crippen molar-refractivity contribution in [2.45, 2.75) is 109 Å². The van der Waals surface area contributed by atoms with E-state index in [1.807, 2.05) is 7.11 Å². The first-order valence-electron chi connectivity index (χ1n) is 9.57. The third kappa shape index (κ3) is 6.69. The first-order valence-corrected chi connectivity index (χ1v) is 9.57. The van der Waals surface area contributed by atoms with Crippen molar-refractivity contribution in [1.29, 1.82) is 0 Å². The van der Waals surface area contributed by atoms with Gasteiger partial charge in [0.15, 0.2) is 0 Å². The largest absolute Gasteiger partial charge is 0.377 e. The van der Waals surface area contributed by atoms with E-state index in [1.54, 1.807) is 0 Å². The molecule has 1 N–H and O–H groups in total. The fraction of sp³-hybridized carbons (Fsp3) is 1.00. The molecule has 21 heavy (non-hydrogen) atoms. The van der Waals surface area contributed by atoms with Crippen molar-refractivity contribution in [2.75, 3.05) is 13.7 Å². The number of ether oxygens (including phenoxy) is 1. The molecule has 0 spiro atoms. The predicted octanol–water partition coefficient (Wildman–Crippen LogP) is 5.45. The quantitative estimate of drug-likeness (QED) is 0.456. The summed E-state index contributed by atoms with van der Waals surface area (Å²) < 4.78 is 6.01. The van der Waals surface area contributed by atoms with Crippen LogP contribution in [0.2, 0.25) is 0 Å². The van der Waals surface area contributed by atoms with Crippen molar-refractivity contribution in [3.63, 3.8) is 0 Å². The van der Waals surface area contributed by atoms with Crippen molar-refractivity contribution < 1.29 is 4.74 Å². The number of rotatable bonds is 13. The Bertz CT molecular complexity index is 236.